The minimum atomic E-state index is 1.09. The molecule has 1 aromatic carbocycles. The van der Waals surface area contributed by atoms with E-state index in [0.29, 0.717) is 0 Å². The summed E-state index contributed by atoms with van der Waals surface area (Å²) in [7, 11) is 0. The molecule has 10 heavy (non-hydrogen) atoms. The Labute approximate surface area is 60.4 Å². The zero-order valence-electron chi connectivity index (χ0n) is 5.83. The lowest BCUT2D eigenvalue weighted by molar-refractivity contribution is 1.21. The fourth-order valence-electron chi connectivity index (χ4n) is 1.12. The third-order valence-corrected chi connectivity index (χ3v) is 1.65. The predicted molar refractivity (Wildman–Crippen MR) is 42.0 cm³/mol. The van der Waals surface area contributed by atoms with Gasteiger partial charge in [-0.15, -0.1) is 0 Å². The number of benzene rings is 1. The molecule has 1 aliphatic heterocycles. The van der Waals surface area contributed by atoms with E-state index >= 15 is 0 Å². The van der Waals surface area contributed by atoms with Gasteiger partial charge < -0.3 is 0 Å². The van der Waals surface area contributed by atoms with Crippen LogP contribution in [0.15, 0.2) is 24.4 Å². The quantitative estimate of drug-likeness (QED) is 0.511. The molecule has 1 radical (unpaired) electrons. The molecular formula is C9H8N. The van der Waals surface area contributed by atoms with Crippen LogP contribution in [0.1, 0.15) is 11.1 Å². The van der Waals surface area contributed by atoms with Crippen LogP contribution in [0.5, 0.6) is 0 Å². The fourth-order valence-corrected chi connectivity index (χ4v) is 1.12. The van der Waals surface area contributed by atoms with Crippen LogP contribution in [-0.2, 0) is 0 Å². The van der Waals surface area contributed by atoms with Gasteiger partial charge in [-0.25, -0.2) is 0 Å². The molecule has 1 heterocycles. The maximum atomic E-state index is 4.16. The zero-order valence-corrected chi connectivity index (χ0v) is 5.83. The molecule has 0 aromatic heterocycles. The van der Waals surface area contributed by atoms with Gasteiger partial charge in [-0.1, -0.05) is 11.6 Å². The van der Waals surface area contributed by atoms with E-state index in [1.807, 2.05) is 18.3 Å². The summed E-state index contributed by atoms with van der Waals surface area (Å²) in [6, 6.07) is 6.27. The first kappa shape index (κ1) is 5.54. The maximum Gasteiger partial charge on any atom is 0.0702 e. The smallest absolute Gasteiger partial charge is 0.0702 e. The molecule has 1 aliphatic rings. The van der Waals surface area contributed by atoms with Crippen molar-refractivity contribution in [3.05, 3.63) is 35.5 Å². The molecule has 0 N–H and O–H groups in total. The van der Waals surface area contributed by atoms with Crippen molar-refractivity contribution in [2.45, 2.75) is 6.92 Å². The van der Waals surface area contributed by atoms with Crippen LogP contribution < -0.4 is 5.32 Å². The molecule has 49 valence electrons. The summed E-state index contributed by atoms with van der Waals surface area (Å²) in [5.41, 5.74) is 3.62. The Bertz CT molecular complexity index is 287. The normalized spacial score (nSPS) is 12.9. The van der Waals surface area contributed by atoms with E-state index in [-0.39, 0.29) is 0 Å². The SMILES string of the molecule is Cc1ccc2c(c1)C=C[N]2. The first-order chi connectivity index (χ1) is 4.86. The van der Waals surface area contributed by atoms with Gasteiger partial charge in [0.15, 0.2) is 0 Å². The second-order valence-electron chi connectivity index (χ2n) is 2.51. The summed E-state index contributed by atoms with van der Waals surface area (Å²) >= 11 is 0. The largest absolute Gasteiger partial charge is 0.256 e. The van der Waals surface area contributed by atoms with Gasteiger partial charge >= 0.3 is 0 Å². The number of fused-ring (bicyclic) bond motifs is 1. The van der Waals surface area contributed by atoms with Crippen LogP contribution in [0.3, 0.4) is 0 Å². The van der Waals surface area contributed by atoms with Crippen LogP contribution in [0.4, 0.5) is 5.69 Å². The molecule has 0 saturated carbocycles. The third kappa shape index (κ3) is 0.711. The molecule has 0 atom stereocenters. The lowest BCUT2D eigenvalue weighted by Gasteiger charge is -1.96. The van der Waals surface area contributed by atoms with Crippen molar-refractivity contribution in [1.29, 1.82) is 0 Å². The van der Waals surface area contributed by atoms with Gasteiger partial charge in [0.1, 0.15) is 0 Å². The second-order valence-corrected chi connectivity index (χ2v) is 2.51. The van der Waals surface area contributed by atoms with Crippen molar-refractivity contribution < 1.29 is 0 Å². The highest BCUT2D eigenvalue weighted by Gasteiger charge is 2.03. The third-order valence-electron chi connectivity index (χ3n) is 1.65. The van der Waals surface area contributed by atoms with E-state index in [9.17, 15) is 0 Å². The highest BCUT2D eigenvalue weighted by molar-refractivity contribution is 5.69. The molecule has 2 rings (SSSR count). The average molecular weight is 130 g/mol. The maximum absolute atomic E-state index is 4.16. The van der Waals surface area contributed by atoms with Gasteiger partial charge in [0.05, 0.1) is 5.69 Å². The van der Waals surface area contributed by atoms with Gasteiger partial charge in [-0.05, 0) is 25.1 Å². The molecular weight excluding hydrogens is 122 g/mol. The minimum Gasteiger partial charge on any atom is -0.256 e. The number of rotatable bonds is 0. The number of nitrogens with zero attached hydrogens (tertiary/aromatic N) is 1. The Hall–Kier alpha value is -1.24. The number of hydrogen-bond donors (Lipinski definition) is 0. The van der Waals surface area contributed by atoms with Crippen molar-refractivity contribution in [1.82, 2.24) is 5.32 Å². The Morgan fingerprint density at radius 1 is 1.30 bits per heavy atom. The summed E-state index contributed by atoms with van der Waals surface area (Å²) < 4.78 is 0. The molecule has 0 saturated heterocycles. The lowest BCUT2D eigenvalue weighted by atomic mass is 10.1. The molecule has 0 aliphatic carbocycles. The molecule has 0 amide bonds. The van der Waals surface area contributed by atoms with E-state index in [1.165, 1.54) is 11.1 Å². The molecule has 1 aromatic rings. The Kier molecular flexibility index (Phi) is 1.04. The monoisotopic (exact) mass is 130 g/mol. The van der Waals surface area contributed by atoms with E-state index in [0.717, 1.165) is 5.69 Å². The predicted octanol–water partition coefficient (Wildman–Crippen LogP) is 2.22. The number of hydrogen-bond acceptors (Lipinski definition) is 0. The van der Waals surface area contributed by atoms with Crippen molar-refractivity contribution >= 4 is 11.8 Å². The van der Waals surface area contributed by atoms with Gasteiger partial charge in [0, 0.05) is 11.8 Å². The number of aryl methyl sites for hydroxylation is 1. The minimum absolute atomic E-state index is 1.09. The van der Waals surface area contributed by atoms with Crippen LogP contribution in [-0.4, -0.2) is 0 Å². The van der Waals surface area contributed by atoms with Crippen molar-refractivity contribution in [2.75, 3.05) is 0 Å². The molecule has 0 unspecified atom stereocenters. The summed E-state index contributed by atoms with van der Waals surface area (Å²) in [5, 5.41) is 4.16. The van der Waals surface area contributed by atoms with E-state index in [1.54, 1.807) is 0 Å². The standard InChI is InChI=1S/C9H8N/c1-7-2-3-9-8(6-7)4-5-10-9/h2-6H,1H3. The highest BCUT2D eigenvalue weighted by atomic mass is 14.9. The van der Waals surface area contributed by atoms with Crippen LogP contribution in [0.2, 0.25) is 0 Å². The highest BCUT2D eigenvalue weighted by Crippen LogP contribution is 2.23. The lowest BCUT2D eigenvalue weighted by Crippen LogP contribution is -1.81. The van der Waals surface area contributed by atoms with Crippen LogP contribution in [0, 0.1) is 6.92 Å². The summed E-state index contributed by atoms with van der Waals surface area (Å²) in [5.74, 6) is 0. The van der Waals surface area contributed by atoms with Crippen LogP contribution >= 0.6 is 0 Å². The molecule has 1 heteroatoms. The molecule has 0 fully saturated rings. The Morgan fingerprint density at radius 3 is 3.10 bits per heavy atom. The van der Waals surface area contributed by atoms with Gasteiger partial charge in [-0.2, -0.15) is 0 Å². The summed E-state index contributed by atoms with van der Waals surface area (Å²) in [6.45, 7) is 2.09. The first-order valence-corrected chi connectivity index (χ1v) is 3.34. The first-order valence-electron chi connectivity index (χ1n) is 3.34. The van der Waals surface area contributed by atoms with Crippen LogP contribution in [0.25, 0.3) is 6.08 Å². The summed E-state index contributed by atoms with van der Waals surface area (Å²) in [6.07, 6.45) is 3.87. The van der Waals surface area contributed by atoms with E-state index in [4.69, 9.17) is 0 Å². The molecule has 0 bridgehead atoms. The van der Waals surface area contributed by atoms with Crippen molar-refractivity contribution in [3.8, 4) is 0 Å². The van der Waals surface area contributed by atoms with E-state index in [2.05, 4.69) is 24.4 Å². The topological polar surface area (TPSA) is 14.1 Å². The van der Waals surface area contributed by atoms with Gasteiger partial charge in [0.2, 0.25) is 0 Å². The van der Waals surface area contributed by atoms with Gasteiger partial charge in [0.25, 0.3) is 0 Å². The van der Waals surface area contributed by atoms with Crippen molar-refractivity contribution in [2.24, 2.45) is 0 Å². The average Bonchev–Trinajstić information content (AvgIpc) is 2.33. The molecule has 1 nitrogen and oxygen atoms in total. The second kappa shape index (κ2) is 1.87. The van der Waals surface area contributed by atoms with Crippen molar-refractivity contribution in [3.63, 3.8) is 0 Å². The van der Waals surface area contributed by atoms with E-state index < -0.39 is 0 Å². The molecule has 0 spiro atoms. The Balaban J connectivity index is 2.60. The Morgan fingerprint density at radius 2 is 2.20 bits per heavy atom. The zero-order chi connectivity index (χ0) is 6.97. The van der Waals surface area contributed by atoms with Gasteiger partial charge in [-0.3, -0.25) is 5.32 Å². The summed E-state index contributed by atoms with van der Waals surface area (Å²) in [4.78, 5) is 0. The fraction of sp³-hybridized carbons (Fsp3) is 0.111.